The minimum absolute atomic E-state index is 0.0867. The van der Waals surface area contributed by atoms with Gasteiger partial charge in [-0.25, -0.2) is 4.99 Å². The van der Waals surface area contributed by atoms with E-state index in [0.29, 0.717) is 0 Å². The van der Waals surface area contributed by atoms with Crippen LogP contribution < -0.4 is 0 Å². The predicted octanol–water partition coefficient (Wildman–Crippen LogP) is 7.93. The van der Waals surface area contributed by atoms with Gasteiger partial charge < -0.3 is 0 Å². The molecule has 1 aliphatic heterocycles. The monoisotopic (exact) mass is 462 g/mol. The van der Waals surface area contributed by atoms with Crippen LogP contribution in [-0.2, 0) is 4.79 Å². The Labute approximate surface area is 204 Å². The van der Waals surface area contributed by atoms with Crippen molar-refractivity contribution in [3.8, 4) is 0 Å². The summed E-state index contributed by atoms with van der Waals surface area (Å²) in [5, 5.41) is 5.51. The number of thioether (sulfide) groups is 1. The van der Waals surface area contributed by atoms with E-state index in [9.17, 15) is 4.79 Å². The quantitative estimate of drug-likeness (QED) is 0.229. The van der Waals surface area contributed by atoms with Crippen molar-refractivity contribution in [3.63, 3.8) is 0 Å². The summed E-state index contributed by atoms with van der Waals surface area (Å²) in [7, 11) is 0. The summed E-state index contributed by atoms with van der Waals surface area (Å²) in [6, 6.07) is 29.3. The van der Waals surface area contributed by atoms with Crippen LogP contribution in [0.2, 0.25) is 0 Å². The molecular weight excluding hydrogens is 436 g/mol. The van der Waals surface area contributed by atoms with E-state index in [1.54, 1.807) is 0 Å². The van der Waals surface area contributed by atoms with E-state index in [0.717, 1.165) is 34.2 Å². The van der Waals surface area contributed by atoms with Crippen molar-refractivity contribution in [2.24, 2.45) is 4.99 Å². The molecule has 0 spiro atoms. The summed E-state index contributed by atoms with van der Waals surface area (Å²) in [6.07, 6.45) is 7.78. The Kier molecular flexibility index (Phi) is 5.68. The molecule has 2 fully saturated rings. The Hall–Kier alpha value is -3.37. The molecule has 4 aromatic rings. The minimum atomic E-state index is 0.0867. The Morgan fingerprint density at radius 2 is 1.41 bits per heavy atom. The lowest BCUT2D eigenvalue weighted by Crippen LogP contribution is -2.40. The van der Waals surface area contributed by atoms with Crippen molar-refractivity contribution in [2.75, 3.05) is 0 Å². The molecular formula is C30H26N2OS. The molecule has 168 valence electrons. The van der Waals surface area contributed by atoms with Gasteiger partial charge in [0.2, 0.25) is 0 Å². The highest BCUT2D eigenvalue weighted by Gasteiger charge is 2.38. The molecule has 1 aliphatic carbocycles. The summed E-state index contributed by atoms with van der Waals surface area (Å²) >= 11 is 1.51. The number of hydrogen-bond acceptors (Lipinski definition) is 3. The van der Waals surface area contributed by atoms with E-state index in [4.69, 9.17) is 4.99 Å². The van der Waals surface area contributed by atoms with Gasteiger partial charge in [-0.15, -0.1) is 0 Å². The van der Waals surface area contributed by atoms with E-state index in [1.807, 2.05) is 35.2 Å². The number of amides is 1. The molecule has 34 heavy (non-hydrogen) atoms. The second-order valence-corrected chi connectivity index (χ2v) is 10.0. The van der Waals surface area contributed by atoms with Gasteiger partial charge in [0.25, 0.3) is 5.91 Å². The van der Waals surface area contributed by atoms with Gasteiger partial charge in [-0.1, -0.05) is 86.0 Å². The van der Waals surface area contributed by atoms with Crippen LogP contribution >= 0.6 is 11.8 Å². The average Bonchev–Trinajstić information content (AvgIpc) is 3.19. The van der Waals surface area contributed by atoms with Crippen molar-refractivity contribution in [2.45, 2.75) is 38.1 Å². The van der Waals surface area contributed by atoms with Gasteiger partial charge in [-0.2, -0.15) is 0 Å². The van der Waals surface area contributed by atoms with Crippen LogP contribution in [0.3, 0.4) is 0 Å². The highest BCUT2D eigenvalue weighted by Crippen LogP contribution is 2.40. The number of hydrogen-bond donors (Lipinski definition) is 0. The van der Waals surface area contributed by atoms with Crippen LogP contribution in [0.1, 0.15) is 37.7 Å². The minimum Gasteiger partial charge on any atom is -0.283 e. The summed E-state index contributed by atoms with van der Waals surface area (Å²) in [5.74, 6) is 0.0867. The normalized spacial score (nSPS) is 19.6. The van der Waals surface area contributed by atoms with Crippen LogP contribution in [0, 0.1) is 0 Å². The van der Waals surface area contributed by atoms with Crippen molar-refractivity contribution in [1.82, 2.24) is 4.90 Å². The van der Waals surface area contributed by atoms with Crippen LogP contribution in [0.15, 0.2) is 94.8 Å². The first-order chi connectivity index (χ1) is 16.8. The van der Waals surface area contributed by atoms with E-state index >= 15 is 0 Å². The van der Waals surface area contributed by atoms with Gasteiger partial charge in [-0.3, -0.25) is 9.69 Å². The van der Waals surface area contributed by atoms with E-state index in [1.165, 1.54) is 52.6 Å². The number of carbonyl (C=O) groups is 1. The molecule has 0 radical (unpaired) electrons. The second-order valence-electron chi connectivity index (χ2n) is 9.04. The highest BCUT2D eigenvalue weighted by molar-refractivity contribution is 8.18. The SMILES string of the molecule is O=C1C(=Cc2c3ccccc3cc3ccccc23)SC(=Nc2ccccc2)N1C1CCCCC1. The average molecular weight is 463 g/mol. The fourth-order valence-electron chi connectivity index (χ4n) is 5.17. The largest absolute Gasteiger partial charge is 0.283 e. The van der Waals surface area contributed by atoms with Crippen molar-refractivity contribution >= 4 is 56.1 Å². The molecule has 2 aliphatic rings. The lowest BCUT2D eigenvalue weighted by atomic mass is 9.94. The number of para-hydroxylation sites is 1. The maximum absolute atomic E-state index is 13.8. The molecule has 0 atom stereocenters. The molecule has 0 N–H and O–H groups in total. The van der Waals surface area contributed by atoms with Gasteiger partial charge in [-0.05, 0) is 76.0 Å². The topological polar surface area (TPSA) is 32.7 Å². The fraction of sp³-hybridized carbons (Fsp3) is 0.200. The van der Waals surface area contributed by atoms with E-state index in [-0.39, 0.29) is 11.9 Å². The second kappa shape index (κ2) is 9.11. The molecule has 0 bridgehead atoms. The number of carbonyl (C=O) groups excluding carboxylic acids is 1. The van der Waals surface area contributed by atoms with Crippen LogP contribution in [0.25, 0.3) is 27.6 Å². The van der Waals surface area contributed by atoms with Gasteiger partial charge in [0, 0.05) is 6.04 Å². The molecule has 0 aromatic heterocycles. The molecule has 1 amide bonds. The number of amidine groups is 1. The van der Waals surface area contributed by atoms with Crippen molar-refractivity contribution in [3.05, 3.63) is 95.4 Å². The molecule has 6 rings (SSSR count). The zero-order valence-electron chi connectivity index (χ0n) is 19.0. The number of aliphatic imine (C=N–C) groups is 1. The zero-order valence-corrected chi connectivity index (χ0v) is 19.8. The Morgan fingerprint density at radius 1 is 0.794 bits per heavy atom. The molecule has 3 nitrogen and oxygen atoms in total. The molecule has 1 heterocycles. The van der Waals surface area contributed by atoms with Crippen LogP contribution in [-0.4, -0.2) is 22.0 Å². The lowest BCUT2D eigenvalue weighted by molar-refractivity contribution is -0.124. The maximum Gasteiger partial charge on any atom is 0.267 e. The number of benzene rings is 4. The molecule has 1 saturated carbocycles. The first-order valence-corrected chi connectivity index (χ1v) is 12.9. The third-order valence-corrected chi connectivity index (χ3v) is 7.83. The first-order valence-electron chi connectivity index (χ1n) is 12.1. The van der Waals surface area contributed by atoms with Crippen molar-refractivity contribution < 1.29 is 4.79 Å². The zero-order chi connectivity index (χ0) is 22.9. The maximum atomic E-state index is 13.8. The van der Waals surface area contributed by atoms with Gasteiger partial charge in [0.05, 0.1) is 10.6 Å². The predicted molar refractivity (Wildman–Crippen MR) is 144 cm³/mol. The van der Waals surface area contributed by atoms with Crippen molar-refractivity contribution in [1.29, 1.82) is 0 Å². The Bertz CT molecular complexity index is 1380. The summed E-state index contributed by atoms with van der Waals surface area (Å²) < 4.78 is 0. The fourth-order valence-corrected chi connectivity index (χ4v) is 6.21. The summed E-state index contributed by atoms with van der Waals surface area (Å²) in [6.45, 7) is 0. The van der Waals surface area contributed by atoms with Crippen LogP contribution in [0.4, 0.5) is 5.69 Å². The summed E-state index contributed by atoms with van der Waals surface area (Å²) in [4.78, 5) is 21.5. The first kappa shape index (κ1) is 21.2. The van der Waals surface area contributed by atoms with Gasteiger partial charge in [0.15, 0.2) is 5.17 Å². The highest BCUT2D eigenvalue weighted by atomic mass is 32.2. The molecule has 1 saturated heterocycles. The number of fused-ring (bicyclic) bond motifs is 2. The smallest absolute Gasteiger partial charge is 0.267 e. The number of rotatable bonds is 3. The Balaban J connectivity index is 1.50. The molecule has 0 unspecified atom stereocenters. The van der Waals surface area contributed by atoms with E-state index in [2.05, 4.69) is 60.7 Å². The van der Waals surface area contributed by atoms with Crippen LogP contribution in [0.5, 0.6) is 0 Å². The van der Waals surface area contributed by atoms with E-state index < -0.39 is 0 Å². The standard InChI is InChI=1S/C30H26N2OS/c33-29-28(20-27-25-17-9-7-11-21(25)19-22-12-8-10-18-26(22)27)34-30(31-23-13-3-1-4-14-23)32(29)24-15-5-2-6-16-24/h1,3-4,7-14,17-20,24H,2,5-6,15-16H2. The third-order valence-electron chi connectivity index (χ3n) is 6.85. The number of nitrogens with zero attached hydrogens (tertiary/aromatic N) is 2. The van der Waals surface area contributed by atoms with Gasteiger partial charge in [0.1, 0.15) is 0 Å². The molecule has 4 aromatic carbocycles. The summed E-state index contributed by atoms with van der Waals surface area (Å²) in [5.41, 5.74) is 1.99. The van der Waals surface area contributed by atoms with Gasteiger partial charge >= 0.3 is 0 Å². The molecule has 4 heteroatoms. The third kappa shape index (κ3) is 3.92. The lowest BCUT2D eigenvalue weighted by Gasteiger charge is -2.30. The Morgan fingerprint density at radius 3 is 2.09 bits per heavy atom.